The predicted octanol–water partition coefficient (Wildman–Crippen LogP) is 5.18. The number of nitrogens with one attached hydrogen (secondary N) is 1. The number of carbonyl (C=O) groups excluding carboxylic acids is 1. The summed E-state index contributed by atoms with van der Waals surface area (Å²) in [5.74, 6) is 1.32. The fourth-order valence-electron chi connectivity index (χ4n) is 3.18. The quantitative estimate of drug-likeness (QED) is 0.659. The molecule has 0 aromatic heterocycles. The smallest absolute Gasteiger partial charge is 0.256 e. The maximum atomic E-state index is 13.0. The highest BCUT2D eigenvalue weighted by atomic mass is 16.5. The van der Waals surface area contributed by atoms with Gasteiger partial charge in [-0.2, -0.15) is 0 Å². The third-order valence-electron chi connectivity index (χ3n) is 4.60. The molecule has 2 rings (SSSR count). The van der Waals surface area contributed by atoms with Crippen LogP contribution in [-0.2, 0) is 9.53 Å². The summed E-state index contributed by atoms with van der Waals surface area (Å²) in [6.07, 6.45) is 7.04. The van der Waals surface area contributed by atoms with E-state index in [0.717, 1.165) is 43.5 Å². The SMILES string of the molecule is CCCOC1(C(=O)Nc2ccc(OCC(C)C)cc2)CCCCCC1. The molecule has 0 heterocycles. The number of amides is 1. The van der Waals surface area contributed by atoms with E-state index in [2.05, 4.69) is 26.1 Å². The fourth-order valence-corrected chi connectivity index (χ4v) is 3.18. The van der Waals surface area contributed by atoms with Gasteiger partial charge in [-0.05, 0) is 49.4 Å². The van der Waals surface area contributed by atoms with Crippen molar-refractivity contribution in [1.29, 1.82) is 0 Å². The van der Waals surface area contributed by atoms with Crippen molar-refractivity contribution in [2.24, 2.45) is 5.92 Å². The van der Waals surface area contributed by atoms with Crippen LogP contribution in [0, 0.1) is 5.92 Å². The van der Waals surface area contributed by atoms with Crippen LogP contribution < -0.4 is 10.1 Å². The number of benzene rings is 1. The lowest BCUT2D eigenvalue weighted by molar-refractivity contribution is -0.143. The topological polar surface area (TPSA) is 47.6 Å². The third-order valence-corrected chi connectivity index (χ3v) is 4.60. The van der Waals surface area contributed by atoms with Gasteiger partial charge in [0.2, 0.25) is 0 Å². The normalized spacial score (nSPS) is 17.1. The van der Waals surface area contributed by atoms with E-state index in [9.17, 15) is 4.79 Å². The van der Waals surface area contributed by atoms with Crippen LogP contribution in [0.25, 0.3) is 0 Å². The highest BCUT2D eigenvalue weighted by molar-refractivity contribution is 5.97. The molecule has 1 aromatic carbocycles. The molecular formula is C21H33NO3. The van der Waals surface area contributed by atoms with Gasteiger partial charge >= 0.3 is 0 Å². The van der Waals surface area contributed by atoms with Gasteiger partial charge < -0.3 is 14.8 Å². The van der Waals surface area contributed by atoms with Crippen molar-refractivity contribution in [2.45, 2.75) is 71.3 Å². The average Bonchev–Trinajstić information content (AvgIpc) is 2.86. The molecule has 0 aliphatic heterocycles. The van der Waals surface area contributed by atoms with Gasteiger partial charge in [0.05, 0.1) is 6.61 Å². The van der Waals surface area contributed by atoms with Gasteiger partial charge in [-0.15, -0.1) is 0 Å². The van der Waals surface area contributed by atoms with Crippen LogP contribution >= 0.6 is 0 Å². The van der Waals surface area contributed by atoms with Crippen molar-refractivity contribution in [3.05, 3.63) is 24.3 Å². The number of hydrogen-bond acceptors (Lipinski definition) is 3. The Bertz CT molecular complexity index is 516. The summed E-state index contributed by atoms with van der Waals surface area (Å²) in [5.41, 5.74) is 0.130. The standard InChI is InChI=1S/C21H33NO3/c1-4-15-25-21(13-7-5-6-8-14-21)20(23)22-18-9-11-19(12-10-18)24-16-17(2)3/h9-12,17H,4-8,13-16H2,1-3H3,(H,22,23). The molecule has 0 atom stereocenters. The predicted molar refractivity (Wildman–Crippen MR) is 102 cm³/mol. The summed E-state index contributed by atoms with van der Waals surface area (Å²) in [6, 6.07) is 7.62. The molecule has 0 bridgehead atoms. The van der Waals surface area contributed by atoms with Crippen molar-refractivity contribution in [1.82, 2.24) is 0 Å². The third kappa shape index (κ3) is 6.03. The van der Waals surface area contributed by atoms with Gasteiger partial charge in [0.15, 0.2) is 0 Å². The number of hydrogen-bond donors (Lipinski definition) is 1. The first-order valence-electron chi connectivity index (χ1n) is 9.74. The summed E-state index contributed by atoms with van der Waals surface area (Å²) in [6.45, 7) is 7.65. The van der Waals surface area contributed by atoms with Crippen LogP contribution in [0.5, 0.6) is 5.75 Å². The van der Waals surface area contributed by atoms with Gasteiger partial charge in [0.25, 0.3) is 5.91 Å². The molecule has 1 fully saturated rings. The molecule has 4 nitrogen and oxygen atoms in total. The Morgan fingerprint density at radius 2 is 1.76 bits per heavy atom. The highest BCUT2D eigenvalue weighted by Gasteiger charge is 2.39. The van der Waals surface area contributed by atoms with E-state index in [1.165, 1.54) is 12.8 Å². The van der Waals surface area contributed by atoms with Gasteiger partial charge in [-0.1, -0.05) is 46.5 Å². The largest absolute Gasteiger partial charge is 0.493 e. The lowest BCUT2D eigenvalue weighted by atomic mass is 9.92. The number of rotatable bonds is 8. The monoisotopic (exact) mass is 347 g/mol. The molecule has 0 unspecified atom stereocenters. The van der Waals surface area contributed by atoms with Crippen molar-refractivity contribution < 1.29 is 14.3 Å². The van der Waals surface area contributed by atoms with Gasteiger partial charge in [0.1, 0.15) is 11.4 Å². The van der Waals surface area contributed by atoms with Crippen LogP contribution in [-0.4, -0.2) is 24.7 Å². The van der Waals surface area contributed by atoms with Crippen molar-refractivity contribution >= 4 is 11.6 Å². The molecule has 4 heteroatoms. The second-order valence-corrected chi connectivity index (χ2v) is 7.44. The van der Waals surface area contributed by atoms with Gasteiger partial charge in [-0.25, -0.2) is 0 Å². The van der Waals surface area contributed by atoms with Crippen LogP contribution in [0.2, 0.25) is 0 Å². The lowest BCUT2D eigenvalue weighted by Crippen LogP contribution is -2.45. The molecule has 140 valence electrons. The molecule has 25 heavy (non-hydrogen) atoms. The molecule has 1 aromatic rings. The van der Waals surface area contributed by atoms with E-state index in [4.69, 9.17) is 9.47 Å². The first kappa shape index (κ1) is 19.8. The second kappa shape index (κ2) is 9.81. The van der Waals surface area contributed by atoms with E-state index in [1.54, 1.807) is 0 Å². The molecule has 0 spiro atoms. The summed E-state index contributed by atoms with van der Waals surface area (Å²) in [4.78, 5) is 13.0. The molecule has 1 saturated carbocycles. The first-order valence-corrected chi connectivity index (χ1v) is 9.74. The summed E-state index contributed by atoms with van der Waals surface area (Å²) in [7, 11) is 0. The van der Waals surface area contributed by atoms with Gasteiger partial charge in [-0.3, -0.25) is 4.79 Å². The molecule has 1 aliphatic rings. The molecule has 0 radical (unpaired) electrons. The molecule has 1 amide bonds. The Balaban J connectivity index is 2.01. The molecule has 0 saturated heterocycles. The van der Waals surface area contributed by atoms with Crippen LogP contribution in [0.1, 0.15) is 65.7 Å². The summed E-state index contributed by atoms with van der Waals surface area (Å²) < 4.78 is 11.8. The maximum Gasteiger partial charge on any atom is 0.256 e. The summed E-state index contributed by atoms with van der Waals surface area (Å²) in [5, 5.41) is 3.06. The number of ether oxygens (including phenoxy) is 2. The Kier molecular flexibility index (Phi) is 7.76. The molecule has 1 N–H and O–H groups in total. The van der Waals surface area contributed by atoms with Gasteiger partial charge in [0, 0.05) is 12.3 Å². The van der Waals surface area contributed by atoms with E-state index in [-0.39, 0.29) is 5.91 Å². The lowest BCUT2D eigenvalue weighted by Gasteiger charge is -2.31. The Morgan fingerprint density at radius 3 is 2.32 bits per heavy atom. The first-order chi connectivity index (χ1) is 12.1. The zero-order valence-corrected chi connectivity index (χ0v) is 16.0. The zero-order chi connectivity index (χ0) is 18.1. The average molecular weight is 347 g/mol. The van der Waals surface area contributed by atoms with Crippen molar-refractivity contribution in [2.75, 3.05) is 18.5 Å². The van der Waals surface area contributed by atoms with Crippen LogP contribution in [0.4, 0.5) is 5.69 Å². The minimum absolute atomic E-state index is 0.00120. The van der Waals surface area contributed by atoms with Crippen LogP contribution in [0.15, 0.2) is 24.3 Å². The molecular weight excluding hydrogens is 314 g/mol. The second-order valence-electron chi connectivity index (χ2n) is 7.44. The minimum Gasteiger partial charge on any atom is -0.493 e. The van der Waals surface area contributed by atoms with E-state index in [0.29, 0.717) is 19.1 Å². The Labute approximate surface area is 152 Å². The minimum atomic E-state index is -0.667. The maximum absolute atomic E-state index is 13.0. The van der Waals surface area contributed by atoms with Crippen molar-refractivity contribution in [3.8, 4) is 5.75 Å². The number of carbonyl (C=O) groups is 1. The van der Waals surface area contributed by atoms with E-state index < -0.39 is 5.60 Å². The van der Waals surface area contributed by atoms with E-state index >= 15 is 0 Å². The van der Waals surface area contributed by atoms with Crippen LogP contribution in [0.3, 0.4) is 0 Å². The number of anilines is 1. The zero-order valence-electron chi connectivity index (χ0n) is 16.0. The van der Waals surface area contributed by atoms with Crippen molar-refractivity contribution in [3.63, 3.8) is 0 Å². The summed E-state index contributed by atoms with van der Waals surface area (Å²) >= 11 is 0. The van der Waals surface area contributed by atoms with E-state index in [1.807, 2.05) is 24.3 Å². The highest BCUT2D eigenvalue weighted by Crippen LogP contribution is 2.32. The fraction of sp³-hybridized carbons (Fsp3) is 0.667. The molecule has 1 aliphatic carbocycles. The Morgan fingerprint density at radius 1 is 1.12 bits per heavy atom. The Hall–Kier alpha value is -1.55.